The van der Waals surface area contributed by atoms with Crippen molar-refractivity contribution in [1.82, 2.24) is 0 Å². The van der Waals surface area contributed by atoms with E-state index < -0.39 is 24.1 Å². The third-order valence-corrected chi connectivity index (χ3v) is 6.50. The van der Waals surface area contributed by atoms with Gasteiger partial charge in [0.2, 0.25) is 0 Å². The van der Waals surface area contributed by atoms with E-state index in [1.54, 1.807) is 12.2 Å². The van der Waals surface area contributed by atoms with Crippen LogP contribution in [0.1, 0.15) is 43.1 Å². The van der Waals surface area contributed by atoms with Gasteiger partial charge in [-0.3, -0.25) is 9.59 Å². The highest BCUT2D eigenvalue weighted by Crippen LogP contribution is 2.35. The van der Waals surface area contributed by atoms with E-state index in [0.717, 1.165) is 15.0 Å². The van der Waals surface area contributed by atoms with Gasteiger partial charge in [0.05, 0.1) is 6.10 Å². The van der Waals surface area contributed by atoms with Crippen LogP contribution in [-0.4, -0.2) is 33.2 Å². The molecule has 1 aromatic heterocycles. The molecule has 0 unspecified atom stereocenters. The van der Waals surface area contributed by atoms with Crippen molar-refractivity contribution < 1.29 is 24.9 Å². The first kappa shape index (κ1) is 21.4. The van der Waals surface area contributed by atoms with Crippen LogP contribution < -0.4 is 0 Å². The molecule has 4 atom stereocenters. The predicted molar refractivity (Wildman–Crippen MR) is 114 cm³/mol. The van der Waals surface area contributed by atoms with Gasteiger partial charge in [-0.25, -0.2) is 0 Å². The summed E-state index contributed by atoms with van der Waals surface area (Å²) in [6, 6.07) is 9.89. The zero-order valence-corrected chi connectivity index (χ0v) is 16.9. The molecule has 5 nitrogen and oxygen atoms in total. The normalized spacial score (nSPS) is 23.5. The summed E-state index contributed by atoms with van der Waals surface area (Å²) in [6.45, 7) is 0. The van der Waals surface area contributed by atoms with Crippen LogP contribution in [0.15, 0.2) is 54.6 Å². The monoisotopic (exact) mass is 414 g/mol. The SMILES string of the molecule is O=C(O)CCC/C=C\C[C@H]1[C@@H](O)CC(=O)[C@@H]1/C=C/[C@@H](O)c1cc2ccccc2s1. The Bertz CT molecular complexity index is 880. The van der Waals surface area contributed by atoms with Crippen LogP contribution in [0.2, 0.25) is 0 Å². The number of carboxylic acid groups (broad SMARTS) is 1. The highest BCUT2D eigenvalue weighted by atomic mass is 32.1. The number of hydrogen-bond donors (Lipinski definition) is 3. The van der Waals surface area contributed by atoms with Crippen molar-refractivity contribution in [2.75, 3.05) is 0 Å². The highest BCUT2D eigenvalue weighted by molar-refractivity contribution is 7.19. The number of carbonyl (C=O) groups is 2. The molecule has 0 spiro atoms. The largest absolute Gasteiger partial charge is 0.481 e. The lowest BCUT2D eigenvalue weighted by molar-refractivity contribution is -0.137. The summed E-state index contributed by atoms with van der Waals surface area (Å²) >= 11 is 1.52. The number of thiophene rings is 1. The van der Waals surface area contributed by atoms with Crippen LogP contribution in [0.3, 0.4) is 0 Å². The number of Topliss-reactive ketones (excluding diaryl/α,β-unsaturated/α-hetero) is 1. The predicted octanol–water partition coefficient (Wildman–Crippen LogP) is 4.26. The average Bonchev–Trinajstić information content (AvgIpc) is 3.23. The standard InChI is InChI=1S/C23H26O5S/c24-18(22-13-15-7-5-6-9-21(15)29-22)12-11-17-16(19(25)14-20(17)26)8-3-1-2-4-10-23(27)28/h1,3,5-7,9,11-13,16-19,24-25H,2,4,8,10,14H2,(H,27,28)/b3-1-,12-11+/t16-,17-,18-,19+/m1/s1. The molecule has 2 aromatic rings. The third-order valence-electron chi connectivity index (χ3n) is 5.31. The number of unbranched alkanes of at least 4 members (excludes halogenated alkanes) is 1. The van der Waals surface area contributed by atoms with Gasteiger partial charge in [-0.1, -0.05) is 42.5 Å². The Labute approximate surface area is 174 Å². The second-order valence-corrected chi connectivity index (χ2v) is 8.55. The second kappa shape index (κ2) is 9.96. The van der Waals surface area contributed by atoms with Crippen LogP contribution >= 0.6 is 11.3 Å². The number of fused-ring (bicyclic) bond motifs is 1. The molecule has 1 aromatic carbocycles. The van der Waals surface area contributed by atoms with Crippen LogP contribution in [0.4, 0.5) is 0 Å². The second-order valence-electron chi connectivity index (χ2n) is 7.44. The van der Waals surface area contributed by atoms with Crippen molar-refractivity contribution in [2.45, 2.75) is 44.3 Å². The quantitative estimate of drug-likeness (QED) is 0.421. The molecule has 6 heteroatoms. The van der Waals surface area contributed by atoms with Crippen molar-refractivity contribution in [2.24, 2.45) is 11.8 Å². The number of rotatable bonds is 9. The van der Waals surface area contributed by atoms with E-state index in [2.05, 4.69) is 0 Å². The van der Waals surface area contributed by atoms with Crippen LogP contribution in [0.5, 0.6) is 0 Å². The van der Waals surface area contributed by atoms with Crippen molar-refractivity contribution in [3.8, 4) is 0 Å². The Balaban J connectivity index is 1.61. The first-order valence-corrected chi connectivity index (χ1v) is 10.7. The molecule has 0 radical (unpaired) electrons. The molecule has 1 heterocycles. The van der Waals surface area contributed by atoms with Crippen LogP contribution in [0, 0.1) is 11.8 Å². The zero-order valence-electron chi connectivity index (χ0n) is 16.1. The Hall–Kier alpha value is -2.28. The third kappa shape index (κ3) is 5.63. The van der Waals surface area contributed by atoms with E-state index in [0.29, 0.717) is 19.3 Å². The first-order valence-electron chi connectivity index (χ1n) is 9.88. The number of benzene rings is 1. The molecular formula is C23H26O5S. The van der Waals surface area contributed by atoms with Gasteiger partial charge in [0.25, 0.3) is 0 Å². The number of aliphatic carboxylic acids is 1. The maximum atomic E-state index is 12.3. The van der Waals surface area contributed by atoms with E-state index in [-0.39, 0.29) is 24.5 Å². The Kier molecular flexibility index (Phi) is 7.36. The minimum atomic E-state index is -0.808. The summed E-state index contributed by atoms with van der Waals surface area (Å²) < 4.78 is 1.10. The summed E-state index contributed by atoms with van der Waals surface area (Å²) in [4.78, 5) is 23.7. The van der Waals surface area contributed by atoms with Gasteiger partial charge in [0.15, 0.2) is 0 Å². The molecule has 0 saturated heterocycles. The average molecular weight is 415 g/mol. The van der Waals surface area contributed by atoms with Crippen molar-refractivity contribution >= 4 is 33.2 Å². The Morgan fingerprint density at radius 1 is 1.28 bits per heavy atom. The summed E-state index contributed by atoms with van der Waals surface area (Å²) in [5, 5.41) is 30.5. The fourth-order valence-corrected chi connectivity index (χ4v) is 4.77. The lowest BCUT2D eigenvalue weighted by Gasteiger charge is -2.17. The number of aliphatic hydroxyl groups excluding tert-OH is 2. The molecule has 1 fully saturated rings. The molecule has 0 bridgehead atoms. The maximum Gasteiger partial charge on any atom is 0.303 e. The number of carboxylic acids is 1. The first-order chi connectivity index (χ1) is 14.0. The molecule has 3 N–H and O–H groups in total. The minimum absolute atomic E-state index is 0.0124. The van der Waals surface area contributed by atoms with Gasteiger partial charge < -0.3 is 15.3 Å². The van der Waals surface area contributed by atoms with E-state index in [1.807, 2.05) is 42.5 Å². The van der Waals surface area contributed by atoms with Crippen molar-refractivity contribution in [1.29, 1.82) is 0 Å². The van der Waals surface area contributed by atoms with E-state index >= 15 is 0 Å². The lowest BCUT2D eigenvalue weighted by atomic mass is 9.90. The molecule has 0 aliphatic heterocycles. The molecule has 1 aliphatic carbocycles. The zero-order chi connectivity index (χ0) is 20.8. The number of ketones is 1. The number of allylic oxidation sites excluding steroid dienone is 3. The van der Waals surface area contributed by atoms with Crippen LogP contribution in [0.25, 0.3) is 10.1 Å². The topological polar surface area (TPSA) is 94.8 Å². The maximum absolute atomic E-state index is 12.3. The Morgan fingerprint density at radius 2 is 2.07 bits per heavy atom. The van der Waals surface area contributed by atoms with Gasteiger partial charge in [-0.15, -0.1) is 11.3 Å². The number of aliphatic hydroxyl groups is 2. The summed E-state index contributed by atoms with van der Waals surface area (Å²) in [7, 11) is 0. The number of carbonyl (C=O) groups excluding carboxylic acids is 1. The summed E-state index contributed by atoms with van der Waals surface area (Å²) in [5.74, 6) is -1.46. The highest BCUT2D eigenvalue weighted by Gasteiger charge is 2.39. The van der Waals surface area contributed by atoms with E-state index in [4.69, 9.17) is 5.11 Å². The molecular weight excluding hydrogens is 388 g/mol. The Morgan fingerprint density at radius 3 is 2.83 bits per heavy atom. The molecule has 1 saturated carbocycles. The molecule has 154 valence electrons. The fourth-order valence-electron chi connectivity index (χ4n) is 3.74. The molecule has 0 amide bonds. The van der Waals surface area contributed by atoms with Gasteiger partial charge in [-0.05, 0) is 36.8 Å². The van der Waals surface area contributed by atoms with Gasteiger partial charge in [0.1, 0.15) is 11.9 Å². The molecule has 1 aliphatic rings. The lowest BCUT2D eigenvalue weighted by Crippen LogP contribution is -2.18. The van der Waals surface area contributed by atoms with Gasteiger partial charge in [-0.2, -0.15) is 0 Å². The van der Waals surface area contributed by atoms with Gasteiger partial charge >= 0.3 is 5.97 Å². The number of hydrogen-bond acceptors (Lipinski definition) is 5. The van der Waals surface area contributed by atoms with Crippen molar-refractivity contribution in [3.05, 3.63) is 59.5 Å². The van der Waals surface area contributed by atoms with E-state index in [1.165, 1.54) is 11.3 Å². The summed E-state index contributed by atoms with van der Waals surface area (Å²) in [6.07, 6.45) is 7.77. The molecule has 29 heavy (non-hydrogen) atoms. The van der Waals surface area contributed by atoms with Crippen LogP contribution in [-0.2, 0) is 9.59 Å². The minimum Gasteiger partial charge on any atom is -0.481 e. The van der Waals surface area contributed by atoms with E-state index in [9.17, 15) is 19.8 Å². The van der Waals surface area contributed by atoms with Crippen molar-refractivity contribution in [3.63, 3.8) is 0 Å². The molecule has 3 rings (SSSR count). The smallest absolute Gasteiger partial charge is 0.303 e. The summed E-state index contributed by atoms with van der Waals surface area (Å²) in [5.41, 5.74) is 0. The fraction of sp³-hybridized carbons (Fsp3) is 0.391. The van der Waals surface area contributed by atoms with Gasteiger partial charge in [0, 0.05) is 34.3 Å².